The SMILES string of the molecule is CC(C)c1ccn(-c2ccccn2)n1. The molecule has 3 heteroatoms. The number of hydrogen-bond donors (Lipinski definition) is 0. The van der Waals surface area contributed by atoms with E-state index in [2.05, 4.69) is 23.9 Å². The van der Waals surface area contributed by atoms with Crippen molar-refractivity contribution < 1.29 is 0 Å². The second kappa shape index (κ2) is 3.62. The lowest BCUT2D eigenvalue weighted by molar-refractivity contribution is 0.758. The molecule has 2 heterocycles. The maximum atomic E-state index is 4.43. The summed E-state index contributed by atoms with van der Waals surface area (Å²) in [5.74, 6) is 1.32. The van der Waals surface area contributed by atoms with Gasteiger partial charge in [-0.2, -0.15) is 5.10 Å². The van der Waals surface area contributed by atoms with Crippen LogP contribution < -0.4 is 0 Å². The highest BCUT2D eigenvalue weighted by molar-refractivity contribution is 5.21. The molecule has 0 radical (unpaired) electrons. The van der Waals surface area contributed by atoms with Crippen LogP contribution in [0.25, 0.3) is 5.82 Å². The molecule has 0 saturated heterocycles. The highest BCUT2D eigenvalue weighted by Gasteiger charge is 2.04. The second-order valence-electron chi connectivity index (χ2n) is 3.53. The average Bonchev–Trinajstić information content (AvgIpc) is 2.68. The molecule has 72 valence electrons. The molecule has 2 aromatic rings. The summed E-state index contributed by atoms with van der Waals surface area (Å²) < 4.78 is 1.80. The first kappa shape index (κ1) is 8.94. The fraction of sp³-hybridized carbons (Fsp3) is 0.273. The zero-order valence-corrected chi connectivity index (χ0v) is 8.38. The van der Waals surface area contributed by atoms with Crippen molar-refractivity contribution in [1.82, 2.24) is 14.8 Å². The quantitative estimate of drug-likeness (QED) is 0.722. The van der Waals surface area contributed by atoms with Crippen LogP contribution in [0.3, 0.4) is 0 Å². The Morgan fingerprint density at radius 3 is 2.64 bits per heavy atom. The highest BCUT2D eigenvalue weighted by atomic mass is 15.3. The Bertz CT molecular complexity index is 403. The molecule has 0 unspecified atom stereocenters. The van der Waals surface area contributed by atoms with Gasteiger partial charge in [-0.15, -0.1) is 0 Å². The third-order valence-corrected chi connectivity index (χ3v) is 2.09. The van der Waals surface area contributed by atoms with Gasteiger partial charge in [-0.25, -0.2) is 9.67 Å². The van der Waals surface area contributed by atoms with Crippen LogP contribution in [0.2, 0.25) is 0 Å². The maximum absolute atomic E-state index is 4.43. The van der Waals surface area contributed by atoms with Gasteiger partial charge in [0.05, 0.1) is 5.69 Å². The molecule has 0 bridgehead atoms. The van der Waals surface area contributed by atoms with E-state index in [9.17, 15) is 0 Å². The minimum absolute atomic E-state index is 0.458. The van der Waals surface area contributed by atoms with Gasteiger partial charge in [0.15, 0.2) is 5.82 Å². The minimum Gasteiger partial charge on any atom is -0.237 e. The Morgan fingerprint density at radius 2 is 2.07 bits per heavy atom. The van der Waals surface area contributed by atoms with Gasteiger partial charge in [-0.05, 0) is 24.1 Å². The highest BCUT2D eigenvalue weighted by Crippen LogP contribution is 2.12. The van der Waals surface area contributed by atoms with Crippen LogP contribution in [-0.4, -0.2) is 14.8 Å². The van der Waals surface area contributed by atoms with E-state index in [0.29, 0.717) is 5.92 Å². The largest absolute Gasteiger partial charge is 0.237 e. The standard InChI is InChI=1S/C11H13N3/c1-9(2)10-6-8-14(13-10)11-5-3-4-7-12-11/h3-9H,1-2H3. The third-order valence-electron chi connectivity index (χ3n) is 2.09. The number of hydrogen-bond acceptors (Lipinski definition) is 2. The van der Waals surface area contributed by atoms with Crippen LogP contribution in [0.4, 0.5) is 0 Å². The van der Waals surface area contributed by atoms with Crippen molar-refractivity contribution >= 4 is 0 Å². The van der Waals surface area contributed by atoms with Gasteiger partial charge < -0.3 is 0 Å². The van der Waals surface area contributed by atoms with E-state index < -0.39 is 0 Å². The molecule has 0 aromatic carbocycles. The zero-order valence-electron chi connectivity index (χ0n) is 8.38. The molecule has 0 aliphatic carbocycles. The van der Waals surface area contributed by atoms with Crippen LogP contribution in [0.1, 0.15) is 25.5 Å². The Labute approximate surface area is 83.4 Å². The Hall–Kier alpha value is -1.64. The van der Waals surface area contributed by atoms with E-state index in [1.54, 1.807) is 10.9 Å². The fourth-order valence-electron chi connectivity index (χ4n) is 1.26. The Balaban J connectivity index is 2.34. The van der Waals surface area contributed by atoms with Gasteiger partial charge in [-0.1, -0.05) is 19.9 Å². The monoisotopic (exact) mass is 187 g/mol. The van der Waals surface area contributed by atoms with Crippen molar-refractivity contribution in [3.05, 3.63) is 42.4 Å². The Kier molecular flexibility index (Phi) is 2.31. The molecule has 0 N–H and O–H groups in total. The summed E-state index contributed by atoms with van der Waals surface area (Å²) in [4.78, 5) is 4.22. The summed E-state index contributed by atoms with van der Waals surface area (Å²) in [7, 11) is 0. The lowest BCUT2D eigenvalue weighted by atomic mass is 10.1. The topological polar surface area (TPSA) is 30.7 Å². The van der Waals surface area contributed by atoms with Gasteiger partial charge in [0.25, 0.3) is 0 Å². The van der Waals surface area contributed by atoms with Crippen LogP contribution in [0.15, 0.2) is 36.7 Å². The van der Waals surface area contributed by atoms with Gasteiger partial charge in [-0.3, -0.25) is 0 Å². The van der Waals surface area contributed by atoms with Crippen LogP contribution >= 0.6 is 0 Å². The number of aromatic nitrogens is 3. The summed E-state index contributed by atoms with van der Waals surface area (Å²) in [6, 6.07) is 7.83. The number of rotatable bonds is 2. The van der Waals surface area contributed by atoms with Crippen molar-refractivity contribution in [2.75, 3.05) is 0 Å². The first-order valence-electron chi connectivity index (χ1n) is 4.74. The zero-order chi connectivity index (χ0) is 9.97. The van der Waals surface area contributed by atoms with Gasteiger partial charge >= 0.3 is 0 Å². The molecule has 0 atom stereocenters. The molecule has 0 aliphatic heterocycles. The lowest BCUT2D eigenvalue weighted by Gasteiger charge is -2.00. The predicted molar refractivity (Wildman–Crippen MR) is 55.4 cm³/mol. The molecule has 2 aromatic heterocycles. The van der Waals surface area contributed by atoms with Gasteiger partial charge in [0.1, 0.15) is 0 Å². The normalized spacial score (nSPS) is 10.8. The van der Waals surface area contributed by atoms with Crippen molar-refractivity contribution in [3.63, 3.8) is 0 Å². The molecule has 14 heavy (non-hydrogen) atoms. The molecule has 3 nitrogen and oxygen atoms in total. The van der Waals surface area contributed by atoms with Gasteiger partial charge in [0, 0.05) is 12.4 Å². The number of nitrogens with zero attached hydrogens (tertiary/aromatic N) is 3. The summed E-state index contributed by atoms with van der Waals surface area (Å²) in [5, 5.41) is 4.43. The summed E-state index contributed by atoms with van der Waals surface area (Å²) in [6.07, 6.45) is 3.71. The first-order valence-corrected chi connectivity index (χ1v) is 4.74. The molecular weight excluding hydrogens is 174 g/mol. The summed E-state index contributed by atoms with van der Waals surface area (Å²) in [5.41, 5.74) is 1.09. The Morgan fingerprint density at radius 1 is 1.21 bits per heavy atom. The van der Waals surface area contributed by atoms with E-state index in [0.717, 1.165) is 11.5 Å². The molecule has 0 saturated carbocycles. The molecule has 0 spiro atoms. The van der Waals surface area contributed by atoms with E-state index in [-0.39, 0.29) is 0 Å². The number of pyridine rings is 1. The molecular formula is C11H13N3. The van der Waals surface area contributed by atoms with E-state index in [4.69, 9.17) is 0 Å². The smallest absolute Gasteiger partial charge is 0.153 e. The van der Waals surface area contributed by atoms with E-state index in [1.807, 2.05) is 30.5 Å². The van der Waals surface area contributed by atoms with Gasteiger partial charge in [0.2, 0.25) is 0 Å². The predicted octanol–water partition coefficient (Wildman–Crippen LogP) is 2.39. The van der Waals surface area contributed by atoms with E-state index >= 15 is 0 Å². The second-order valence-corrected chi connectivity index (χ2v) is 3.53. The van der Waals surface area contributed by atoms with Crippen molar-refractivity contribution in [2.24, 2.45) is 0 Å². The molecule has 0 amide bonds. The summed E-state index contributed by atoms with van der Waals surface area (Å²) in [6.45, 7) is 4.26. The third kappa shape index (κ3) is 1.66. The minimum atomic E-state index is 0.458. The van der Waals surface area contributed by atoms with Crippen molar-refractivity contribution in [2.45, 2.75) is 19.8 Å². The van der Waals surface area contributed by atoms with E-state index in [1.165, 1.54) is 0 Å². The summed E-state index contributed by atoms with van der Waals surface area (Å²) >= 11 is 0. The fourth-order valence-corrected chi connectivity index (χ4v) is 1.26. The van der Waals surface area contributed by atoms with Crippen LogP contribution in [0.5, 0.6) is 0 Å². The maximum Gasteiger partial charge on any atom is 0.153 e. The molecule has 0 fully saturated rings. The lowest BCUT2D eigenvalue weighted by Crippen LogP contribution is -1.98. The molecule has 2 rings (SSSR count). The average molecular weight is 187 g/mol. The van der Waals surface area contributed by atoms with Crippen LogP contribution in [-0.2, 0) is 0 Å². The van der Waals surface area contributed by atoms with Crippen molar-refractivity contribution in [1.29, 1.82) is 0 Å². The van der Waals surface area contributed by atoms with Crippen LogP contribution in [0, 0.1) is 0 Å². The first-order chi connectivity index (χ1) is 6.77. The molecule has 0 aliphatic rings. The van der Waals surface area contributed by atoms with Crippen molar-refractivity contribution in [3.8, 4) is 5.82 Å².